The van der Waals surface area contributed by atoms with Crippen LogP contribution in [-0.4, -0.2) is 36.3 Å². The van der Waals surface area contributed by atoms with Gasteiger partial charge in [-0.3, -0.25) is 9.59 Å². The Hall–Kier alpha value is -2.82. The molecule has 0 aromatic heterocycles. The first-order chi connectivity index (χ1) is 12.5. The van der Waals surface area contributed by atoms with Crippen LogP contribution in [0.4, 0.5) is 11.4 Å². The number of carbonyl (C=O) groups excluding carboxylic acids is 2. The van der Waals surface area contributed by atoms with Crippen LogP contribution >= 0.6 is 0 Å². The lowest BCUT2D eigenvalue weighted by Crippen LogP contribution is -2.27. The SMILES string of the molecule is Cc1ccc(NC(=O)CNc2ccc(C(=O)N3CCCC3)cc2)cc1C. The van der Waals surface area contributed by atoms with Crippen molar-refractivity contribution in [2.24, 2.45) is 0 Å². The number of carbonyl (C=O) groups is 2. The number of nitrogens with zero attached hydrogens (tertiary/aromatic N) is 1. The van der Waals surface area contributed by atoms with Gasteiger partial charge >= 0.3 is 0 Å². The van der Waals surface area contributed by atoms with Crippen LogP contribution in [0.3, 0.4) is 0 Å². The van der Waals surface area contributed by atoms with Crippen molar-refractivity contribution in [3.63, 3.8) is 0 Å². The third kappa shape index (κ3) is 4.42. The van der Waals surface area contributed by atoms with Crippen molar-refractivity contribution in [3.8, 4) is 0 Å². The highest BCUT2D eigenvalue weighted by atomic mass is 16.2. The summed E-state index contributed by atoms with van der Waals surface area (Å²) in [4.78, 5) is 26.3. The predicted octanol–water partition coefficient (Wildman–Crippen LogP) is 3.59. The molecule has 0 atom stereocenters. The lowest BCUT2D eigenvalue weighted by Gasteiger charge is -2.15. The van der Waals surface area contributed by atoms with Gasteiger partial charge in [0, 0.05) is 30.0 Å². The number of nitrogens with one attached hydrogen (secondary N) is 2. The van der Waals surface area contributed by atoms with Gasteiger partial charge in [0.05, 0.1) is 6.54 Å². The van der Waals surface area contributed by atoms with Gasteiger partial charge in [0.2, 0.25) is 5.91 Å². The van der Waals surface area contributed by atoms with E-state index in [0.717, 1.165) is 42.9 Å². The zero-order valence-corrected chi connectivity index (χ0v) is 15.3. The van der Waals surface area contributed by atoms with Crippen molar-refractivity contribution in [2.75, 3.05) is 30.3 Å². The van der Waals surface area contributed by atoms with Crippen molar-refractivity contribution in [1.82, 2.24) is 4.90 Å². The lowest BCUT2D eigenvalue weighted by molar-refractivity contribution is -0.114. The summed E-state index contributed by atoms with van der Waals surface area (Å²) in [5.74, 6) is -0.0213. The van der Waals surface area contributed by atoms with E-state index in [0.29, 0.717) is 5.56 Å². The first-order valence-electron chi connectivity index (χ1n) is 9.03. The number of hydrogen-bond donors (Lipinski definition) is 2. The zero-order chi connectivity index (χ0) is 18.5. The second-order valence-electron chi connectivity index (χ2n) is 6.78. The summed E-state index contributed by atoms with van der Waals surface area (Å²) in [6, 6.07) is 13.2. The fourth-order valence-electron chi connectivity index (χ4n) is 3.04. The molecule has 1 fully saturated rings. The van der Waals surface area contributed by atoms with Gasteiger partial charge in [0.25, 0.3) is 5.91 Å². The van der Waals surface area contributed by atoms with E-state index in [-0.39, 0.29) is 18.4 Å². The van der Waals surface area contributed by atoms with Crippen molar-refractivity contribution in [2.45, 2.75) is 26.7 Å². The molecule has 3 rings (SSSR count). The summed E-state index contributed by atoms with van der Waals surface area (Å²) in [7, 11) is 0. The Morgan fingerprint density at radius 3 is 2.23 bits per heavy atom. The molecular weight excluding hydrogens is 326 g/mol. The maximum atomic E-state index is 12.3. The number of aryl methyl sites for hydroxylation is 2. The van der Waals surface area contributed by atoms with Crippen molar-refractivity contribution in [3.05, 3.63) is 59.2 Å². The largest absolute Gasteiger partial charge is 0.376 e. The predicted molar refractivity (Wildman–Crippen MR) is 105 cm³/mol. The minimum atomic E-state index is -0.106. The zero-order valence-electron chi connectivity index (χ0n) is 15.3. The number of hydrogen-bond acceptors (Lipinski definition) is 3. The molecule has 2 aromatic rings. The average Bonchev–Trinajstić information content (AvgIpc) is 3.18. The molecule has 1 aliphatic heterocycles. The Labute approximate surface area is 154 Å². The van der Waals surface area contributed by atoms with E-state index in [1.54, 1.807) is 0 Å². The molecule has 5 nitrogen and oxygen atoms in total. The highest BCUT2D eigenvalue weighted by Gasteiger charge is 2.19. The van der Waals surface area contributed by atoms with Gasteiger partial charge in [0.15, 0.2) is 0 Å². The highest BCUT2D eigenvalue weighted by Crippen LogP contribution is 2.16. The van der Waals surface area contributed by atoms with Gasteiger partial charge in [-0.2, -0.15) is 0 Å². The Morgan fingerprint density at radius 1 is 0.923 bits per heavy atom. The molecule has 1 heterocycles. The fraction of sp³-hybridized carbons (Fsp3) is 0.333. The van der Waals surface area contributed by atoms with E-state index < -0.39 is 0 Å². The van der Waals surface area contributed by atoms with Crippen LogP contribution in [0, 0.1) is 13.8 Å². The summed E-state index contributed by atoms with van der Waals surface area (Å²) >= 11 is 0. The van der Waals surface area contributed by atoms with Gasteiger partial charge in [-0.05, 0) is 74.2 Å². The summed E-state index contributed by atoms with van der Waals surface area (Å²) in [6.45, 7) is 5.93. The quantitative estimate of drug-likeness (QED) is 0.865. The van der Waals surface area contributed by atoms with Crippen molar-refractivity contribution in [1.29, 1.82) is 0 Å². The third-order valence-electron chi connectivity index (χ3n) is 4.77. The minimum Gasteiger partial charge on any atom is -0.376 e. The van der Waals surface area contributed by atoms with Gasteiger partial charge in [-0.25, -0.2) is 0 Å². The van der Waals surface area contributed by atoms with E-state index >= 15 is 0 Å². The maximum absolute atomic E-state index is 12.3. The topological polar surface area (TPSA) is 61.4 Å². The molecule has 2 aromatic carbocycles. The molecule has 136 valence electrons. The number of rotatable bonds is 5. The molecule has 0 spiro atoms. The Bertz CT molecular complexity index is 793. The molecule has 0 saturated carbocycles. The smallest absolute Gasteiger partial charge is 0.253 e. The fourth-order valence-corrected chi connectivity index (χ4v) is 3.04. The normalized spacial score (nSPS) is 13.5. The van der Waals surface area contributed by atoms with E-state index in [4.69, 9.17) is 0 Å². The molecule has 0 radical (unpaired) electrons. The molecule has 26 heavy (non-hydrogen) atoms. The Kier molecular flexibility index (Phi) is 5.56. The molecule has 0 bridgehead atoms. The monoisotopic (exact) mass is 351 g/mol. The van der Waals surface area contributed by atoms with Crippen LogP contribution in [0.2, 0.25) is 0 Å². The maximum Gasteiger partial charge on any atom is 0.253 e. The number of amides is 2. The van der Waals surface area contributed by atoms with Gasteiger partial charge in [-0.1, -0.05) is 6.07 Å². The molecule has 2 amide bonds. The van der Waals surface area contributed by atoms with Crippen LogP contribution in [0.5, 0.6) is 0 Å². The lowest BCUT2D eigenvalue weighted by atomic mass is 10.1. The molecule has 2 N–H and O–H groups in total. The average molecular weight is 351 g/mol. The van der Waals surface area contributed by atoms with Gasteiger partial charge in [-0.15, -0.1) is 0 Å². The first-order valence-corrected chi connectivity index (χ1v) is 9.03. The summed E-state index contributed by atoms with van der Waals surface area (Å²) < 4.78 is 0. The summed E-state index contributed by atoms with van der Waals surface area (Å²) in [6.07, 6.45) is 2.17. The van der Waals surface area contributed by atoms with Crippen LogP contribution in [0.15, 0.2) is 42.5 Å². The molecule has 0 unspecified atom stereocenters. The van der Waals surface area contributed by atoms with Crippen LogP contribution in [0.25, 0.3) is 0 Å². The Balaban J connectivity index is 1.51. The minimum absolute atomic E-state index is 0.0848. The van der Waals surface area contributed by atoms with Crippen molar-refractivity contribution >= 4 is 23.2 Å². The van der Waals surface area contributed by atoms with E-state index in [1.807, 2.05) is 61.2 Å². The van der Waals surface area contributed by atoms with Gasteiger partial charge < -0.3 is 15.5 Å². The van der Waals surface area contributed by atoms with Gasteiger partial charge in [0.1, 0.15) is 0 Å². The van der Waals surface area contributed by atoms with Crippen LogP contribution in [-0.2, 0) is 4.79 Å². The van der Waals surface area contributed by atoms with E-state index in [2.05, 4.69) is 10.6 Å². The number of likely N-dealkylation sites (tertiary alicyclic amines) is 1. The standard InChI is InChI=1S/C21H25N3O2/c1-15-5-8-19(13-16(15)2)23-20(25)14-22-18-9-6-17(7-10-18)21(26)24-11-3-4-12-24/h5-10,13,22H,3-4,11-12,14H2,1-2H3,(H,23,25). The molecule has 1 aliphatic rings. The molecular formula is C21H25N3O2. The third-order valence-corrected chi connectivity index (χ3v) is 4.77. The molecule has 1 saturated heterocycles. The number of anilines is 2. The molecule has 5 heteroatoms. The van der Waals surface area contributed by atoms with Crippen LogP contribution in [0.1, 0.15) is 34.3 Å². The summed E-state index contributed by atoms with van der Waals surface area (Å²) in [5, 5.41) is 5.97. The number of benzene rings is 2. The van der Waals surface area contributed by atoms with Crippen LogP contribution < -0.4 is 10.6 Å². The second kappa shape index (κ2) is 8.04. The van der Waals surface area contributed by atoms with Crippen molar-refractivity contribution < 1.29 is 9.59 Å². The second-order valence-corrected chi connectivity index (χ2v) is 6.78. The highest BCUT2D eigenvalue weighted by molar-refractivity contribution is 5.95. The van der Waals surface area contributed by atoms with E-state index in [9.17, 15) is 9.59 Å². The first kappa shape index (κ1) is 18.0. The Morgan fingerprint density at radius 2 is 1.58 bits per heavy atom. The summed E-state index contributed by atoms with van der Waals surface area (Å²) in [5.41, 5.74) is 4.65. The van der Waals surface area contributed by atoms with E-state index in [1.165, 1.54) is 5.56 Å². The molecule has 0 aliphatic carbocycles.